The summed E-state index contributed by atoms with van der Waals surface area (Å²) >= 11 is 0. The molecule has 0 spiro atoms. The molecule has 0 saturated heterocycles. The number of aliphatic hydroxyl groups is 5. The van der Waals surface area contributed by atoms with Gasteiger partial charge >= 0.3 is 19.8 Å². The van der Waals surface area contributed by atoms with Crippen molar-refractivity contribution in [3.8, 4) is 0 Å². The number of phosphoric acid groups is 1. The zero-order valence-electron chi connectivity index (χ0n) is 34.4. The van der Waals surface area contributed by atoms with Crippen molar-refractivity contribution in [2.45, 2.75) is 185 Å². The van der Waals surface area contributed by atoms with E-state index >= 15 is 0 Å². The second kappa shape index (κ2) is 33.4. The summed E-state index contributed by atoms with van der Waals surface area (Å²) in [5, 5.41) is 50.0. The molecule has 0 radical (unpaired) electrons. The zero-order valence-corrected chi connectivity index (χ0v) is 35.3. The molecule has 1 rings (SSSR count). The minimum absolute atomic E-state index is 0.0146. The quantitative estimate of drug-likeness (QED) is 0.0126. The number of aliphatic hydroxyl groups excluding tert-OH is 5. The van der Waals surface area contributed by atoms with Gasteiger partial charge in [-0.25, -0.2) is 4.57 Å². The molecule has 0 aliphatic heterocycles. The van der Waals surface area contributed by atoms with Crippen LogP contribution in [0.1, 0.15) is 142 Å². The SMILES string of the molecule is CC/C=C/C=C/C=C/CCCCCCCCCC(=O)OCC(COP(=O)(O)OC1C(O)C(O)C(O)[C@H](O)C1O)OC(=O)CC/C=C/C/C=C/CCCCCCCC. The Morgan fingerprint density at radius 3 is 1.72 bits per heavy atom. The van der Waals surface area contributed by atoms with E-state index in [9.17, 15) is 44.6 Å². The fourth-order valence-electron chi connectivity index (χ4n) is 5.99. The highest BCUT2D eigenvalue weighted by Crippen LogP contribution is 2.47. The molecule has 328 valence electrons. The highest BCUT2D eigenvalue weighted by Gasteiger charge is 2.51. The first-order valence-corrected chi connectivity index (χ1v) is 22.6. The number of hydrogen-bond acceptors (Lipinski definition) is 12. The van der Waals surface area contributed by atoms with E-state index in [0.717, 1.165) is 64.2 Å². The first-order chi connectivity index (χ1) is 27.4. The van der Waals surface area contributed by atoms with Crippen molar-refractivity contribution < 1.29 is 63.1 Å². The van der Waals surface area contributed by atoms with Crippen LogP contribution in [-0.4, -0.2) is 98.3 Å². The number of allylic oxidation sites excluding steroid dienone is 10. The summed E-state index contributed by atoms with van der Waals surface area (Å²) in [5.41, 5.74) is 0. The van der Waals surface area contributed by atoms with Gasteiger partial charge in [-0.3, -0.25) is 18.6 Å². The van der Waals surface area contributed by atoms with Crippen LogP contribution in [0.3, 0.4) is 0 Å². The van der Waals surface area contributed by atoms with E-state index < -0.39 is 75.7 Å². The van der Waals surface area contributed by atoms with E-state index in [2.05, 4.69) is 44.2 Å². The summed E-state index contributed by atoms with van der Waals surface area (Å²) in [6, 6.07) is 0. The maximum absolute atomic E-state index is 12.8. The number of ether oxygens (including phenoxy) is 2. The smallest absolute Gasteiger partial charge is 0.462 e. The molecule has 8 atom stereocenters. The fraction of sp³-hybridized carbons (Fsp3) is 0.721. The molecule has 1 saturated carbocycles. The molecule has 1 aliphatic rings. The molecule has 0 aromatic carbocycles. The summed E-state index contributed by atoms with van der Waals surface area (Å²) in [5.74, 6) is -1.20. The molecular weight excluding hydrogens is 755 g/mol. The lowest BCUT2D eigenvalue weighted by Crippen LogP contribution is -2.64. The second-order valence-corrected chi connectivity index (χ2v) is 15.9. The lowest BCUT2D eigenvalue weighted by Gasteiger charge is -2.41. The molecule has 7 unspecified atom stereocenters. The van der Waals surface area contributed by atoms with Gasteiger partial charge in [-0.2, -0.15) is 0 Å². The van der Waals surface area contributed by atoms with Crippen LogP contribution < -0.4 is 0 Å². The van der Waals surface area contributed by atoms with Crippen molar-refractivity contribution in [1.29, 1.82) is 0 Å². The predicted octanol–water partition coefficient (Wildman–Crippen LogP) is 7.38. The molecule has 14 heteroatoms. The molecule has 1 fully saturated rings. The molecule has 57 heavy (non-hydrogen) atoms. The number of rotatable bonds is 33. The van der Waals surface area contributed by atoms with Gasteiger partial charge in [0.25, 0.3) is 0 Å². The fourth-order valence-corrected chi connectivity index (χ4v) is 6.96. The highest BCUT2D eigenvalue weighted by atomic mass is 31.2. The molecule has 13 nitrogen and oxygen atoms in total. The molecule has 6 N–H and O–H groups in total. The normalized spacial score (nSPS) is 23.3. The zero-order chi connectivity index (χ0) is 42.2. The van der Waals surface area contributed by atoms with Crippen LogP contribution in [0, 0.1) is 0 Å². The summed E-state index contributed by atoms with van der Waals surface area (Å²) < 4.78 is 33.3. The van der Waals surface area contributed by atoms with Gasteiger partial charge < -0.3 is 39.9 Å². The van der Waals surface area contributed by atoms with Crippen LogP contribution in [-0.2, 0) is 32.7 Å². The van der Waals surface area contributed by atoms with Crippen LogP contribution in [0.4, 0.5) is 0 Å². The Balaban J connectivity index is 2.55. The summed E-state index contributed by atoms with van der Waals surface area (Å²) in [4.78, 5) is 35.5. The van der Waals surface area contributed by atoms with Crippen LogP contribution in [0.25, 0.3) is 0 Å². The lowest BCUT2D eigenvalue weighted by molar-refractivity contribution is -0.220. The topological polar surface area (TPSA) is 210 Å². The Hall–Kier alpha value is -2.45. The Bertz CT molecular complexity index is 1230. The highest BCUT2D eigenvalue weighted by molar-refractivity contribution is 7.47. The van der Waals surface area contributed by atoms with Crippen LogP contribution >= 0.6 is 7.82 Å². The van der Waals surface area contributed by atoms with Crippen molar-refractivity contribution in [2.75, 3.05) is 13.2 Å². The number of carbonyl (C=O) groups is 2. The third kappa shape index (κ3) is 26.3. The number of phosphoric ester groups is 1. The van der Waals surface area contributed by atoms with Gasteiger partial charge in [0.15, 0.2) is 6.10 Å². The van der Waals surface area contributed by atoms with Gasteiger partial charge in [0.05, 0.1) is 6.61 Å². The average Bonchev–Trinajstić information content (AvgIpc) is 3.19. The van der Waals surface area contributed by atoms with Crippen molar-refractivity contribution in [3.05, 3.63) is 60.8 Å². The van der Waals surface area contributed by atoms with Gasteiger partial charge in [0.1, 0.15) is 43.2 Å². The molecule has 0 bridgehead atoms. The van der Waals surface area contributed by atoms with Crippen LogP contribution in [0.5, 0.6) is 0 Å². The average molecular weight is 829 g/mol. The first-order valence-electron chi connectivity index (χ1n) is 21.1. The number of carbonyl (C=O) groups excluding carboxylic acids is 2. The van der Waals surface area contributed by atoms with Gasteiger partial charge in [-0.15, -0.1) is 0 Å². The van der Waals surface area contributed by atoms with E-state index in [1.54, 1.807) is 0 Å². The van der Waals surface area contributed by atoms with E-state index in [0.29, 0.717) is 12.8 Å². The minimum Gasteiger partial charge on any atom is -0.462 e. The molecule has 1 aliphatic carbocycles. The maximum atomic E-state index is 12.8. The molecule has 0 amide bonds. The monoisotopic (exact) mass is 828 g/mol. The molecule has 0 aromatic rings. The number of unbranched alkanes of at least 4 members (excludes halogenated alkanes) is 13. The van der Waals surface area contributed by atoms with E-state index in [4.69, 9.17) is 18.5 Å². The molecular formula is C43H73O13P. The summed E-state index contributed by atoms with van der Waals surface area (Å²) in [7, 11) is -5.13. The predicted molar refractivity (Wildman–Crippen MR) is 221 cm³/mol. The van der Waals surface area contributed by atoms with Gasteiger partial charge in [-0.05, 0) is 51.4 Å². The maximum Gasteiger partial charge on any atom is 0.472 e. The summed E-state index contributed by atoms with van der Waals surface area (Å²) in [6.45, 7) is 3.07. The van der Waals surface area contributed by atoms with E-state index in [1.807, 2.05) is 30.4 Å². The van der Waals surface area contributed by atoms with Gasteiger partial charge in [0.2, 0.25) is 0 Å². The van der Waals surface area contributed by atoms with Crippen LogP contribution in [0.15, 0.2) is 60.8 Å². The van der Waals surface area contributed by atoms with Crippen molar-refractivity contribution in [1.82, 2.24) is 0 Å². The Kier molecular flexibility index (Phi) is 30.8. The molecule has 0 aromatic heterocycles. The minimum atomic E-state index is -5.13. The Labute approximate surface area is 341 Å². The Morgan fingerprint density at radius 2 is 1.11 bits per heavy atom. The summed E-state index contributed by atoms with van der Waals surface area (Å²) in [6.07, 6.45) is 25.9. The largest absolute Gasteiger partial charge is 0.472 e. The third-order valence-electron chi connectivity index (χ3n) is 9.42. The van der Waals surface area contributed by atoms with Crippen molar-refractivity contribution in [3.63, 3.8) is 0 Å². The number of hydrogen-bond donors (Lipinski definition) is 6. The van der Waals surface area contributed by atoms with E-state index in [1.165, 1.54) is 38.5 Å². The van der Waals surface area contributed by atoms with Crippen molar-refractivity contribution >= 4 is 19.8 Å². The number of esters is 2. The lowest BCUT2D eigenvalue weighted by atomic mass is 9.85. The molecule has 0 heterocycles. The second-order valence-electron chi connectivity index (χ2n) is 14.5. The van der Waals surface area contributed by atoms with Gasteiger partial charge in [-0.1, -0.05) is 139 Å². The van der Waals surface area contributed by atoms with Crippen LogP contribution in [0.2, 0.25) is 0 Å². The van der Waals surface area contributed by atoms with Crippen molar-refractivity contribution in [2.24, 2.45) is 0 Å². The Morgan fingerprint density at radius 1 is 0.579 bits per heavy atom. The first kappa shape index (κ1) is 52.6. The van der Waals surface area contributed by atoms with E-state index in [-0.39, 0.29) is 12.8 Å². The standard InChI is InChI=1S/C43H73O13P/c1-3-5-7-9-11-13-15-17-18-20-21-23-25-27-29-31-36(44)53-33-35(34-54-57(51,52)56-43-41(49)39(47)38(46)40(48)42(43)50)55-37(45)32-30-28-26-24-22-19-16-14-12-10-8-6-4-2/h5,7,9,11,13,15,19,22,26,28,35,38-43,46-50H,3-4,6,8,10,12,14,16-18,20-21,23-25,27,29-34H2,1-2H3,(H,51,52)/b7-5+,11-9+,15-13+,22-19+,28-26+/t35?,38?,39-,40?,41?,42?,43?/m0/s1. The van der Waals surface area contributed by atoms with Gasteiger partial charge in [0, 0.05) is 12.8 Å². The third-order valence-corrected chi connectivity index (χ3v) is 10.4.